The van der Waals surface area contributed by atoms with Gasteiger partial charge in [0.25, 0.3) is 0 Å². The van der Waals surface area contributed by atoms with Crippen molar-refractivity contribution < 1.29 is 8.42 Å². The highest BCUT2D eigenvalue weighted by atomic mass is 32.2. The van der Waals surface area contributed by atoms with Gasteiger partial charge in [0, 0.05) is 85.8 Å². The Hall–Kier alpha value is -4.80. The van der Waals surface area contributed by atoms with E-state index < -0.39 is 15.1 Å². The Kier molecular flexibility index (Phi) is 8.03. The molecule has 0 spiro atoms. The zero-order valence-corrected chi connectivity index (χ0v) is 25.4. The van der Waals surface area contributed by atoms with Gasteiger partial charge in [-0.1, -0.05) is 6.07 Å². The third-order valence-electron chi connectivity index (χ3n) is 8.03. The number of nitrogens with zero attached hydrogens (tertiary/aromatic N) is 8. The van der Waals surface area contributed by atoms with Gasteiger partial charge in [-0.15, -0.1) is 0 Å². The van der Waals surface area contributed by atoms with Crippen LogP contribution in [0.3, 0.4) is 0 Å². The van der Waals surface area contributed by atoms with Gasteiger partial charge >= 0.3 is 0 Å². The average Bonchev–Trinajstić information content (AvgIpc) is 3.68. The number of piperazine rings is 1. The van der Waals surface area contributed by atoms with E-state index in [1.165, 1.54) is 0 Å². The van der Waals surface area contributed by atoms with Gasteiger partial charge in [0.05, 0.1) is 41.0 Å². The lowest BCUT2D eigenvalue weighted by Gasteiger charge is -2.35. The molecule has 226 valence electrons. The third-order valence-corrected chi connectivity index (χ3v) is 10.2. The van der Waals surface area contributed by atoms with Crippen LogP contribution in [-0.4, -0.2) is 79.9 Å². The first-order valence-electron chi connectivity index (χ1n) is 14.5. The predicted octanol–water partition coefficient (Wildman–Crippen LogP) is 2.97. The van der Waals surface area contributed by atoms with Crippen molar-refractivity contribution in [1.29, 1.82) is 5.26 Å². The van der Waals surface area contributed by atoms with Crippen molar-refractivity contribution in [2.75, 3.05) is 36.8 Å². The van der Waals surface area contributed by atoms with Crippen molar-refractivity contribution in [3.8, 4) is 28.3 Å². The molecular formula is C31H33N9O3S. The summed E-state index contributed by atoms with van der Waals surface area (Å²) in [6.45, 7) is 7.83. The van der Waals surface area contributed by atoms with Crippen LogP contribution in [0.2, 0.25) is 0 Å². The maximum absolute atomic E-state index is 12.3. The van der Waals surface area contributed by atoms with E-state index in [0.29, 0.717) is 11.1 Å². The molecule has 0 unspecified atom stereocenters. The first kappa shape index (κ1) is 29.3. The van der Waals surface area contributed by atoms with Gasteiger partial charge in [-0.2, -0.15) is 15.5 Å². The van der Waals surface area contributed by atoms with Crippen molar-refractivity contribution >= 4 is 21.2 Å². The van der Waals surface area contributed by atoms with Crippen molar-refractivity contribution in [1.82, 2.24) is 34.3 Å². The summed E-state index contributed by atoms with van der Waals surface area (Å²) < 4.78 is 27.9. The lowest BCUT2D eigenvalue weighted by molar-refractivity contribution is 0.249. The quantitative estimate of drug-likeness (QED) is 0.266. The Labute approximate surface area is 255 Å². The highest BCUT2D eigenvalue weighted by molar-refractivity contribution is 7.91. The summed E-state index contributed by atoms with van der Waals surface area (Å²) in [6, 6.07) is 11.7. The smallest absolute Gasteiger partial charge is 0.247 e. The summed E-state index contributed by atoms with van der Waals surface area (Å²) in [4.78, 5) is 23.5. The molecule has 5 aromatic heterocycles. The monoisotopic (exact) mass is 611 g/mol. The Balaban J connectivity index is 1.21. The minimum Gasteiger partial charge on any atom is -0.354 e. The Morgan fingerprint density at radius 2 is 1.80 bits per heavy atom. The van der Waals surface area contributed by atoms with E-state index in [9.17, 15) is 18.5 Å². The van der Waals surface area contributed by atoms with Gasteiger partial charge in [0.2, 0.25) is 5.56 Å². The standard InChI is InChI=1S/C31H33N9O3S/c1-22(2)44(42,43)12-11-39-20-27(18-35-39)25-13-28(31-26(14-32)17-36-40(31)21-25)24-4-5-29(33-16-24)38-9-7-37(8-10-38)19-23-3-6-30(41)34-15-23/h3-6,13,15-18,20-22H,7-12,19H2,1-2H3,(H,34,41). The number of fused-ring (bicyclic) bond motifs is 1. The number of hydrogen-bond acceptors (Lipinski definition) is 9. The average molecular weight is 612 g/mol. The van der Waals surface area contributed by atoms with Crippen molar-refractivity contribution in [3.63, 3.8) is 0 Å². The first-order chi connectivity index (χ1) is 21.2. The predicted molar refractivity (Wildman–Crippen MR) is 168 cm³/mol. The molecular weight excluding hydrogens is 578 g/mol. The van der Waals surface area contributed by atoms with Crippen LogP contribution in [0.25, 0.3) is 27.8 Å². The second-order valence-electron chi connectivity index (χ2n) is 11.2. The summed E-state index contributed by atoms with van der Waals surface area (Å²) in [7, 11) is -3.18. The fraction of sp³-hybridized carbons (Fsp3) is 0.323. The normalized spacial score (nSPS) is 14.4. The number of pyridine rings is 3. The van der Waals surface area contributed by atoms with E-state index in [0.717, 1.165) is 66.4 Å². The number of sulfone groups is 1. The minimum absolute atomic E-state index is 0.0168. The molecule has 1 saturated heterocycles. The van der Waals surface area contributed by atoms with Crippen LogP contribution < -0.4 is 10.5 Å². The number of aryl methyl sites for hydroxylation is 1. The van der Waals surface area contributed by atoms with Gasteiger partial charge < -0.3 is 9.88 Å². The second-order valence-corrected chi connectivity index (χ2v) is 13.9. The van der Waals surface area contributed by atoms with E-state index in [1.54, 1.807) is 47.7 Å². The van der Waals surface area contributed by atoms with Crippen LogP contribution >= 0.6 is 0 Å². The zero-order valence-electron chi connectivity index (χ0n) is 24.6. The second kappa shape index (κ2) is 12.1. The van der Waals surface area contributed by atoms with Crippen molar-refractivity contribution in [2.24, 2.45) is 0 Å². The van der Waals surface area contributed by atoms with Gasteiger partial charge in [-0.25, -0.2) is 17.9 Å². The minimum atomic E-state index is -3.18. The first-order valence-corrected chi connectivity index (χ1v) is 16.2. The summed E-state index contributed by atoms with van der Waals surface area (Å²) in [5, 5.41) is 18.2. The van der Waals surface area contributed by atoms with Gasteiger partial charge in [0.15, 0.2) is 9.84 Å². The SMILES string of the molecule is CC(C)S(=O)(=O)CCn1cc(-c2cc(-c3ccc(N4CCN(Cc5ccc(=O)[nH]c5)CC4)nc3)c3c(C#N)cnn3c2)cn1. The maximum Gasteiger partial charge on any atom is 0.247 e. The fourth-order valence-electron chi connectivity index (χ4n) is 5.34. The molecule has 0 saturated carbocycles. The number of hydrogen-bond donors (Lipinski definition) is 1. The van der Waals surface area contributed by atoms with Crippen molar-refractivity contribution in [2.45, 2.75) is 32.2 Å². The molecule has 0 aromatic carbocycles. The third kappa shape index (κ3) is 6.13. The van der Waals surface area contributed by atoms with Gasteiger partial charge in [-0.3, -0.25) is 14.4 Å². The molecule has 12 nitrogen and oxygen atoms in total. The van der Waals surface area contributed by atoms with E-state index in [2.05, 4.69) is 31.1 Å². The van der Waals surface area contributed by atoms with Crippen LogP contribution in [0.15, 0.2) is 72.3 Å². The molecule has 0 amide bonds. The molecule has 13 heteroatoms. The molecule has 0 atom stereocenters. The Morgan fingerprint density at radius 3 is 2.48 bits per heavy atom. The van der Waals surface area contributed by atoms with Crippen LogP contribution in [0, 0.1) is 11.3 Å². The molecule has 1 fully saturated rings. The Morgan fingerprint density at radius 1 is 0.977 bits per heavy atom. The number of nitriles is 1. The van der Waals surface area contributed by atoms with E-state index in [4.69, 9.17) is 4.98 Å². The molecule has 1 aliphatic heterocycles. The summed E-state index contributed by atoms with van der Waals surface area (Å²) >= 11 is 0. The Bertz CT molecular complexity index is 1980. The van der Waals surface area contributed by atoms with E-state index in [-0.39, 0.29) is 17.9 Å². The molecule has 0 aliphatic carbocycles. The fourth-order valence-corrected chi connectivity index (χ4v) is 6.25. The van der Waals surface area contributed by atoms with Crippen LogP contribution in [0.5, 0.6) is 0 Å². The number of anilines is 1. The summed E-state index contributed by atoms with van der Waals surface area (Å²) in [5.74, 6) is 0.902. The van der Waals surface area contributed by atoms with Gasteiger partial charge in [0.1, 0.15) is 11.9 Å². The molecule has 5 aromatic rings. The van der Waals surface area contributed by atoms with E-state index >= 15 is 0 Å². The summed E-state index contributed by atoms with van der Waals surface area (Å²) in [6.07, 6.45) is 10.5. The molecule has 1 aliphatic rings. The van der Waals surface area contributed by atoms with Crippen LogP contribution in [0.1, 0.15) is 25.0 Å². The lowest BCUT2D eigenvalue weighted by Crippen LogP contribution is -2.46. The number of aromatic amines is 1. The van der Waals surface area contributed by atoms with Crippen LogP contribution in [-0.2, 0) is 22.9 Å². The molecule has 0 radical (unpaired) electrons. The van der Waals surface area contributed by atoms with Gasteiger partial charge in [-0.05, 0) is 37.6 Å². The topological polar surface area (TPSA) is 145 Å². The largest absolute Gasteiger partial charge is 0.354 e. The number of aromatic nitrogens is 6. The molecule has 0 bridgehead atoms. The van der Waals surface area contributed by atoms with Crippen molar-refractivity contribution in [3.05, 3.63) is 89.0 Å². The highest BCUT2D eigenvalue weighted by Crippen LogP contribution is 2.32. The molecule has 1 N–H and O–H groups in total. The number of H-pyrrole nitrogens is 1. The van der Waals surface area contributed by atoms with E-state index in [1.807, 2.05) is 42.9 Å². The van der Waals surface area contributed by atoms with Crippen LogP contribution in [0.4, 0.5) is 5.82 Å². The maximum atomic E-state index is 12.3. The number of nitrogens with one attached hydrogen (secondary N) is 1. The number of rotatable bonds is 9. The lowest BCUT2D eigenvalue weighted by atomic mass is 10.0. The molecule has 6 heterocycles. The molecule has 6 rings (SSSR count). The highest BCUT2D eigenvalue weighted by Gasteiger charge is 2.20. The molecule has 44 heavy (non-hydrogen) atoms. The summed E-state index contributed by atoms with van der Waals surface area (Å²) in [5.41, 5.74) is 5.45. The zero-order chi connectivity index (χ0) is 30.8.